The lowest BCUT2D eigenvalue weighted by Gasteiger charge is -2.06. The lowest BCUT2D eigenvalue weighted by atomic mass is 10.0. The van der Waals surface area contributed by atoms with Gasteiger partial charge in [0.1, 0.15) is 0 Å². The van der Waals surface area contributed by atoms with Crippen molar-refractivity contribution in [2.45, 2.75) is 26.7 Å². The maximum atomic E-state index is 5.44. The van der Waals surface area contributed by atoms with Gasteiger partial charge >= 0.3 is 0 Å². The molecule has 0 atom stereocenters. The van der Waals surface area contributed by atoms with Gasteiger partial charge in [-0.15, -0.1) is 0 Å². The molecule has 1 rings (SSSR count). The van der Waals surface area contributed by atoms with Crippen LogP contribution >= 0.6 is 0 Å². The Morgan fingerprint density at radius 1 is 1.33 bits per heavy atom. The van der Waals surface area contributed by atoms with Crippen molar-refractivity contribution in [3.8, 4) is 0 Å². The van der Waals surface area contributed by atoms with Crippen molar-refractivity contribution in [1.29, 1.82) is 0 Å². The average molecular weight is 164 g/mol. The van der Waals surface area contributed by atoms with E-state index >= 15 is 0 Å². The number of rotatable bonds is 3. The molecule has 0 spiro atoms. The minimum absolute atomic E-state index is 0.757. The number of aryl methyl sites for hydroxylation is 2. The van der Waals surface area contributed by atoms with E-state index in [9.17, 15) is 0 Å². The van der Waals surface area contributed by atoms with Crippen LogP contribution in [0.4, 0.5) is 0 Å². The predicted molar refractivity (Wildman–Crippen MR) is 51.1 cm³/mol. The minimum atomic E-state index is 0.757. The summed E-state index contributed by atoms with van der Waals surface area (Å²) in [5, 5.41) is 0. The fourth-order valence-corrected chi connectivity index (χ4v) is 1.23. The second-order valence-corrected chi connectivity index (χ2v) is 3.13. The van der Waals surface area contributed by atoms with E-state index in [1.807, 2.05) is 12.4 Å². The summed E-state index contributed by atoms with van der Waals surface area (Å²) in [5.41, 5.74) is 9.41. The van der Waals surface area contributed by atoms with Gasteiger partial charge in [-0.05, 0) is 49.9 Å². The van der Waals surface area contributed by atoms with Crippen molar-refractivity contribution >= 4 is 0 Å². The Kier molecular flexibility index (Phi) is 3.23. The molecule has 0 unspecified atom stereocenters. The molecule has 0 radical (unpaired) electrons. The molecule has 1 heterocycles. The molecule has 2 heteroatoms. The number of pyridine rings is 1. The number of aromatic nitrogens is 1. The highest BCUT2D eigenvalue weighted by Gasteiger charge is 1.99. The maximum Gasteiger partial charge on any atom is 0.0302 e. The molecule has 0 aliphatic rings. The van der Waals surface area contributed by atoms with Crippen LogP contribution in [-0.4, -0.2) is 11.5 Å². The normalized spacial score (nSPS) is 10.2. The lowest BCUT2D eigenvalue weighted by molar-refractivity contribution is 0.822. The fraction of sp³-hybridized carbons (Fsp3) is 0.500. The van der Waals surface area contributed by atoms with Crippen LogP contribution in [0.2, 0.25) is 0 Å². The third kappa shape index (κ3) is 2.05. The SMILES string of the molecule is Cc1cncc(CCCN)c1C. The molecule has 0 aromatic carbocycles. The van der Waals surface area contributed by atoms with Crippen LogP contribution in [0.1, 0.15) is 23.1 Å². The maximum absolute atomic E-state index is 5.44. The third-order valence-corrected chi connectivity index (χ3v) is 2.22. The van der Waals surface area contributed by atoms with Gasteiger partial charge in [-0.1, -0.05) is 0 Å². The van der Waals surface area contributed by atoms with Crippen LogP contribution in [0.15, 0.2) is 12.4 Å². The Morgan fingerprint density at radius 3 is 2.75 bits per heavy atom. The van der Waals surface area contributed by atoms with Gasteiger partial charge in [0.25, 0.3) is 0 Å². The van der Waals surface area contributed by atoms with Crippen LogP contribution in [-0.2, 0) is 6.42 Å². The van der Waals surface area contributed by atoms with E-state index in [1.54, 1.807) is 0 Å². The molecule has 0 bridgehead atoms. The molecule has 0 aliphatic carbocycles. The Hall–Kier alpha value is -0.890. The summed E-state index contributed by atoms with van der Waals surface area (Å²) >= 11 is 0. The lowest BCUT2D eigenvalue weighted by Crippen LogP contribution is -2.02. The van der Waals surface area contributed by atoms with Crippen molar-refractivity contribution in [3.05, 3.63) is 29.1 Å². The van der Waals surface area contributed by atoms with E-state index in [2.05, 4.69) is 18.8 Å². The Bertz CT molecular complexity index is 256. The van der Waals surface area contributed by atoms with Crippen LogP contribution in [0.3, 0.4) is 0 Å². The van der Waals surface area contributed by atoms with Crippen LogP contribution < -0.4 is 5.73 Å². The molecule has 2 N–H and O–H groups in total. The molecule has 0 saturated heterocycles. The highest BCUT2D eigenvalue weighted by molar-refractivity contribution is 5.29. The quantitative estimate of drug-likeness (QED) is 0.736. The summed E-state index contributed by atoms with van der Waals surface area (Å²) in [6.45, 7) is 4.99. The van der Waals surface area contributed by atoms with Crippen LogP contribution in [0, 0.1) is 13.8 Å². The van der Waals surface area contributed by atoms with Crippen LogP contribution in [0.5, 0.6) is 0 Å². The van der Waals surface area contributed by atoms with Crippen molar-refractivity contribution in [3.63, 3.8) is 0 Å². The van der Waals surface area contributed by atoms with E-state index < -0.39 is 0 Å². The van der Waals surface area contributed by atoms with E-state index in [4.69, 9.17) is 5.73 Å². The van der Waals surface area contributed by atoms with Crippen LogP contribution in [0.25, 0.3) is 0 Å². The van der Waals surface area contributed by atoms with Gasteiger partial charge < -0.3 is 5.73 Å². The van der Waals surface area contributed by atoms with Gasteiger partial charge in [0.2, 0.25) is 0 Å². The first kappa shape index (κ1) is 9.20. The average Bonchev–Trinajstić information content (AvgIpc) is 2.08. The Morgan fingerprint density at radius 2 is 2.08 bits per heavy atom. The van der Waals surface area contributed by atoms with Crippen molar-refractivity contribution in [2.24, 2.45) is 5.73 Å². The molecular formula is C10H16N2. The number of nitrogens with zero attached hydrogens (tertiary/aromatic N) is 1. The molecule has 12 heavy (non-hydrogen) atoms. The number of hydrogen-bond acceptors (Lipinski definition) is 2. The van der Waals surface area contributed by atoms with E-state index in [0.29, 0.717) is 0 Å². The summed E-state index contributed by atoms with van der Waals surface area (Å²) in [4.78, 5) is 4.16. The highest BCUT2D eigenvalue weighted by atomic mass is 14.6. The smallest absolute Gasteiger partial charge is 0.0302 e. The molecule has 0 saturated carbocycles. The number of hydrogen-bond donors (Lipinski definition) is 1. The van der Waals surface area contributed by atoms with Crippen molar-refractivity contribution < 1.29 is 0 Å². The summed E-state index contributed by atoms with van der Waals surface area (Å²) in [6.07, 6.45) is 5.95. The molecule has 0 amide bonds. The molecule has 0 aliphatic heterocycles. The predicted octanol–water partition coefficient (Wildman–Crippen LogP) is 1.59. The van der Waals surface area contributed by atoms with Gasteiger partial charge in [0, 0.05) is 12.4 Å². The monoisotopic (exact) mass is 164 g/mol. The van der Waals surface area contributed by atoms with E-state index in [0.717, 1.165) is 19.4 Å². The minimum Gasteiger partial charge on any atom is -0.330 e. The topological polar surface area (TPSA) is 38.9 Å². The molecule has 1 aromatic heterocycles. The van der Waals surface area contributed by atoms with Crippen molar-refractivity contribution in [2.75, 3.05) is 6.54 Å². The largest absolute Gasteiger partial charge is 0.330 e. The standard InChI is InChI=1S/C10H16N2/c1-8-6-12-7-10(9(8)2)4-3-5-11/h6-7H,3-5,11H2,1-2H3. The van der Waals surface area contributed by atoms with Crippen molar-refractivity contribution in [1.82, 2.24) is 4.98 Å². The molecule has 1 aromatic rings. The van der Waals surface area contributed by atoms with Gasteiger partial charge in [-0.3, -0.25) is 4.98 Å². The zero-order valence-electron chi connectivity index (χ0n) is 7.80. The van der Waals surface area contributed by atoms with E-state index in [1.165, 1.54) is 16.7 Å². The fourth-order valence-electron chi connectivity index (χ4n) is 1.23. The second-order valence-electron chi connectivity index (χ2n) is 3.13. The van der Waals surface area contributed by atoms with Gasteiger partial charge in [0.05, 0.1) is 0 Å². The summed E-state index contributed by atoms with van der Waals surface area (Å²) < 4.78 is 0. The summed E-state index contributed by atoms with van der Waals surface area (Å²) in [5.74, 6) is 0. The van der Waals surface area contributed by atoms with Gasteiger partial charge in [-0.25, -0.2) is 0 Å². The first-order chi connectivity index (χ1) is 5.75. The molecular weight excluding hydrogens is 148 g/mol. The van der Waals surface area contributed by atoms with Gasteiger partial charge in [-0.2, -0.15) is 0 Å². The molecule has 2 nitrogen and oxygen atoms in total. The first-order valence-corrected chi connectivity index (χ1v) is 4.36. The number of nitrogens with two attached hydrogens (primary N) is 1. The second kappa shape index (κ2) is 4.21. The Balaban J connectivity index is 2.78. The highest BCUT2D eigenvalue weighted by Crippen LogP contribution is 2.11. The zero-order valence-corrected chi connectivity index (χ0v) is 7.80. The molecule has 0 fully saturated rings. The van der Waals surface area contributed by atoms with Gasteiger partial charge in [0.15, 0.2) is 0 Å². The third-order valence-electron chi connectivity index (χ3n) is 2.22. The molecule has 66 valence electrons. The summed E-state index contributed by atoms with van der Waals surface area (Å²) in [7, 11) is 0. The Labute approximate surface area is 73.8 Å². The zero-order chi connectivity index (χ0) is 8.97. The summed E-state index contributed by atoms with van der Waals surface area (Å²) in [6, 6.07) is 0. The first-order valence-electron chi connectivity index (χ1n) is 4.36. The van der Waals surface area contributed by atoms with E-state index in [-0.39, 0.29) is 0 Å².